The van der Waals surface area contributed by atoms with Crippen LogP contribution in [0, 0.1) is 0 Å². The number of nitrogen functional groups attached to an aromatic ring is 1. The summed E-state index contributed by atoms with van der Waals surface area (Å²) >= 11 is 0. The van der Waals surface area contributed by atoms with Gasteiger partial charge < -0.3 is 11.1 Å². The molecule has 4 nitrogen and oxygen atoms in total. The molecule has 1 aromatic carbocycles. The number of aryl methyl sites for hydroxylation is 1. The highest BCUT2D eigenvalue weighted by molar-refractivity contribution is 6.04. The summed E-state index contributed by atoms with van der Waals surface area (Å²) in [6, 6.07) is 11.2. The second-order valence-corrected chi connectivity index (χ2v) is 5.37. The van der Waals surface area contributed by atoms with E-state index < -0.39 is 0 Å². The maximum atomic E-state index is 12.3. The maximum Gasteiger partial charge on any atom is 0.255 e. The van der Waals surface area contributed by atoms with Crippen molar-refractivity contribution in [2.45, 2.75) is 33.1 Å². The van der Waals surface area contributed by atoms with Crippen molar-refractivity contribution in [1.29, 1.82) is 0 Å². The largest absolute Gasteiger partial charge is 0.384 e. The lowest BCUT2D eigenvalue weighted by Crippen LogP contribution is -2.14. The highest BCUT2D eigenvalue weighted by Gasteiger charge is 2.11. The average molecular weight is 283 g/mol. The lowest BCUT2D eigenvalue weighted by Gasteiger charge is -2.10. The summed E-state index contributed by atoms with van der Waals surface area (Å²) in [5, 5.41) is 2.90. The number of aromatic nitrogens is 1. The molecule has 1 heterocycles. The van der Waals surface area contributed by atoms with Gasteiger partial charge in [-0.2, -0.15) is 0 Å². The summed E-state index contributed by atoms with van der Waals surface area (Å²) < 4.78 is 0. The lowest BCUT2D eigenvalue weighted by molar-refractivity contribution is 0.102. The molecular formula is C17H21N3O. The number of amides is 1. The Labute approximate surface area is 125 Å². The Balaban J connectivity index is 2.23. The molecule has 0 atom stereocenters. The monoisotopic (exact) mass is 283 g/mol. The zero-order valence-corrected chi connectivity index (χ0v) is 12.7. The quantitative estimate of drug-likeness (QED) is 0.900. The van der Waals surface area contributed by atoms with E-state index >= 15 is 0 Å². The van der Waals surface area contributed by atoms with Crippen molar-refractivity contribution in [3.63, 3.8) is 0 Å². The van der Waals surface area contributed by atoms with Gasteiger partial charge in [-0.25, -0.2) is 4.98 Å². The molecule has 0 radical (unpaired) electrons. The zero-order valence-electron chi connectivity index (χ0n) is 12.7. The summed E-state index contributed by atoms with van der Waals surface area (Å²) in [6.07, 6.45) is 0.934. The van der Waals surface area contributed by atoms with Crippen LogP contribution in [-0.2, 0) is 6.42 Å². The first-order valence-corrected chi connectivity index (χ1v) is 7.17. The van der Waals surface area contributed by atoms with Gasteiger partial charge in [0, 0.05) is 16.9 Å². The van der Waals surface area contributed by atoms with Crippen molar-refractivity contribution in [3.05, 3.63) is 53.2 Å². The van der Waals surface area contributed by atoms with Crippen LogP contribution < -0.4 is 11.1 Å². The van der Waals surface area contributed by atoms with Crippen molar-refractivity contribution in [2.75, 3.05) is 11.1 Å². The normalized spacial score (nSPS) is 10.7. The molecular weight excluding hydrogens is 262 g/mol. The molecule has 0 unspecified atom stereocenters. The Morgan fingerprint density at radius 2 is 2.05 bits per heavy atom. The molecule has 110 valence electrons. The van der Waals surface area contributed by atoms with Crippen LogP contribution in [0.15, 0.2) is 36.4 Å². The number of nitrogens with one attached hydrogen (secondary N) is 1. The zero-order chi connectivity index (χ0) is 15.4. The van der Waals surface area contributed by atoms with Crippen LogP contribution in [0.5, 0.6) is 0 Å². The number of hydrogen-bond acceptors (Lipinski definition) is 3. The third-order valence-corrected chi connectivity index (χ3v) is 3.31. The minimum Gasteiger partial charge on any atom is -0.384 e. The average Bonchev–Trinajstić information content (AvgIpc) is 2.46. The van der Waals surface area contributed by atoms with Crippen LogP contribution in [0.4, 0.5) is 11.5 Å². The van der Waals surface area contributed by atoms with E-state index in [9.17, 15) is 4.79 Å². The number of pyridine rings is 1. The van der Waals surface area contributed by atoms with Crippen LogP contribution in [0.3, 0.4) is 0 Å². The number of carbonyl (C=O) groups excluding carboxylic acids is 1. The van der Waals surface area contributed by atoms with E-state index in [1.54, 1.807) is 12.1 Å². The van der Waals surface area contributed by atoms with E-state index in [1.165, 1.54) is 5.56 Å². The molecule has 0 saturated carbocycles. The minimum absolute atomic E-state index is 0.167. The van der Waals surface area contributed by atoms with Crippen molar-refractivity contribution >= 4 is 17.4 Å². The van der Waals surface area contributed by atoms with E-state index in [0.717, 1.165) is 17.8 Å². The number of hydrogen-bond donors (Lipinski definition) is 2. The summed E-state index contributed by atoms with van der Waals surface area (Å²) in [5.74, 6) is 0.427. The molecule has 0 spiro atoms. The topological polar surface area (TPSA) is 68.0 Å². The first kappa shape index (κ1) is 15.0. The molecule has 3 N–H and O–H groups in total. The summed E-state index contributed by atoms with van der Waals surface area (Å²) in [6.45, 7) is 6.13. The summed E-state index contributed by atoms with van der Waals surface area (Å²) in [7, 11) is 0. The Bertz CT molecular complexity index is 650. The molecule has 2 aromatic rings. The standard InChI is InChI=1S/C17H21N3O/c1-4-12-6-5-7-14(8-12)19-17(21)13-9-15(11(2)3)20-16(18)10-13/h5-11H,4H2,1-3H3,(H2,18,20)(H,19,21). The summed E-state index contributed by atoms with van der Waals surface area (Å²) in [4.78, 5) is 16.6. The van der Waals surface area contributed by atoms with E-state index in [-0.39, 0.29) is 11.8 Å². The Morgan fingerprint density at radius 1 is 1.29 bits per heavy atom. The van der Waals surface area contributed by atoms with Crippen LogP contribution >= 0.6 is 0 Å². The number of nitrogens with zero attached hydrogens (tertiary/aromatic N) is 1. The molecule has 0 saturated heterocycles. The smallest absolute Gasteiger partial charge is 0.255 e. The van der Waals surface area contributed by atoms with Crippen molar-refractivity contribution < 1.29 is 4.79 Å². The Kier molecular flexibility index (Phi) is 4.58. The van der Waals surface area contributed by atoms with Gasteiger partial charge in [-0.15, -0.1) is 0 Å². The van der Waals surface area contributed by atoms with Gasteiger partial charge in [-0.1, -0.05) is 32.9 Å². The van der Waals surface area contributed by atoms with E-state index in [2.05, 4.69) is 17.2 Å². The van der Waals surface area contributed by atoms with Crippen LogP contribution in [0.1, 0.15) is 48.3 Å². The second kappa shape index (κ2) is 6.39. The fourth-order valence-electron chi connectivity index (χ4n) is 2.07. The summed E-state index contributed by atoms with van der Waals surface area (Å²) in [5.41, 5.74) is 9.12. The van der Waals surface area contributed by atoms with Gasteiger partial charge in [-0.3, -0.25) is 4.79 Å². The van der Waals surface area contributed by atoms with E-state index in [1.807, 2.05) is 38.1 Å². The Hall–Kier alpha value is -2.36. The van der Waals surface area contributed by atoms with Gasteiger partial charge in [0.15, 0.2) is 0 Å². The van der Waals surface area contributed by atoms with Crippen molar-refractivity contribution in [2.24, 2.45) is 0 Å². The fourth-order valence-corrected chi connectivity index (χ4v) is 2.07. The Morgan fingerprint density at radius 3 is 2.71 bits per heavy atom. The number of anilines is 2. The predicted octanol–water partition coefficient (Wildman–Crippen LogP) is 3.60. The number of carbonyl (C=O) groups is 1. The van der Waals surface area contributed by atoms with Gasteiger partial charge >= 0.3 is 0 Å². The van der Waals surface area contributed by atoms with Crippen LogP contribution in [0.25, 0.3) is 0 Å². The first-order chi connectivity index (χ1) is 9.99. The second-order valence-electron chi connectivity index (χ2n) is 5.37. The van der Waals surface area contributed by atoms with Gasteiger partial charge in [-0.05, 0) is 42.2 Å². The first-order valence-electron chi connectivity index (χ1n) is 7.17. The van der Waals surface area contributed by atoms with E-state index in [4.69, 9.17) is 5.73 Å². The number of benzene rings is 1. The van der Waals surface area contributed by atoms with Crippen LogP contribution in [-0.4, -0.2) is 10.9 Å². The van der Waals surface area contributed by atoms with Gasteiger partial charge in [0.2, 0.25) is 0 Å². The molecule has 0 bridgehead atoms. The van der Waals surface area contributed by atoms with Crippen molar-refractivity contribution in [1.82, 2.24) is 4.98 Å². The molecule has 1 aromatic heterocycles. The maximum absolute atomic E-state index is 12.3. The minimum atomic E-state index is -0.167. The molecule has 0 aliphatic rings. The molecule has 0 aliphatic heterocycles. The molecule has 1 amide bonds. The van der Waals surface area contributed by atoms with Crippen LogP contribution in [0.2, 0.25) is 0 Å². The third kappa shape index (κ3) is 3.81. The molecule has 2 rings (SSSR count). The number of rotatable bonds is 4. The molecule has 0 aliphatic carbocycles. The third-order valence-electron chi connectivity index (χ3n) is 3.31. The number of nitrogens with two attached hydrogens (primary N) is 1. The van der Waals surface area contributed by atoms with Gasteiger partial charge in [0.25, 0.3) is 5.91 Å². The highest BCUT2D eigenvalue weighted by Crippen LogP contribution is 2.18. The van der Waals surface area contributed by atoms with Gasteiger partial charge in [0.05, 0.1) is 0 Å². The van der Waals surface area contributed by atoms with Gasteiger partial charge in [0.1, 0.15) is 5.82 Å². The molecule has 0 fully saturated rings. The predicted molar refractivity (Wildman–Crippen MR) is 86.5 cm³/mol. The highest BCUT2D eigenvalue weighted by atomic mass is 16.1. The molecule has 4 heteroatoms. The van der Waals surface area contributed by atoms with E-state index in [0.29, 0.717) is 11.4 Å². The van der Waals surface area contributed by atoms with Crippen molar-refractivity contribution in [3.8, 4) is 0 Å². The SMILES string of the molecule is CCc1cccc(NC(=O)c2cc(N)nc(C(C)C)c2)c1. The lowest BCUT2D eigenvalue weighted by atomic mass is 10.1. The fraction of sp³-hybridized carbons (Fsp3) is 0.294. The molecule has 21 heavy (non-hydrogen) atoms.